The normalized spacial score (nSPS) is 21.1. The Labute approximate surface area is 108 Å². The van der Waals surface area contributed by atoms with Crippen LogP contribution in [-0.2, 0) is 11.2 Å². The minimum atomic E-state index is -0.0425. The maximum absolute atomic E-state index is 5.81. The molecular weight excluding hydrogens is 228 g/mol. The topological polar surface area (TPSA) is 64.3 Å². The quantitative estimate of drug-likeness (QED) is 0.875. The van der Waals surface area contributed by atoms with Gasteiger partial charge in [-0.05, 0) is 19.4 Å². The van der Waals surface area contributed by atoms with Gasteiger partial charge in [0.1, 0.15) is 11.9 Å². The monoisotopic (exact) mass is 250 g/mol. The number of ether oxygens (including phenoxy) is 1. The van der Waals surface area contributed by atoms with Gasteiger partial charge < -0.3 is 10.5 Å². The Morgan fingerprint density at radius 3 is 3.00 bits per heavy atom. The van der Waals surface area contributed by atoms with Crippen LogP contribution in [0.4, 0.5) is 5.82 Å². The van der Waals surface area contributed by atoms with Crippen LogP contribution in [0.25, 0.3) is 0 Å². The van der Waals surface area contributed by atoms with Gasteiger partial charge in [0.15, 0.2) is 5.82 Å². The summed E-state index contributed by atoms with van der Waals surface area (Å²) in [5.74, 6) is 1.26. The lowest BCUT2D eigenvalue weighted by molar-refractivity contribution is -0.0342. The van der Waals surface area contributed by atoms with E-state index in [9.17, 15) is 0 Å². The van der Waals surface area contributed by atoms with Crippen LogP contribution in [0.15, 0.2) is 6.07 Å². The molecule has 1 aromatic rings. The zero-order chi connectivity index (χ0) is 13.0. The highest BCUT2D eigenvalue weighted by molar-refractivity contribution is 5.30. The van der Waals surface area contributed by atoms with E-state index in [1.807, 2.05) is 6.07 Å². The summed E-state index contributed by atoms with van der Waals surface area (Å²) in [4.78, 5) is 11.2. The van der Waals surface area contributed by atoms with Crippen LogP contribution < -0.4 is 5.73 Å². The molecule has 0 saturated carbocycles. The predicted octanol–water partition coefficient (Wildman–Crippen LogP) is 1.40. The highest BCUT2D eigenvalue weighted by atomic mass is 16.5. The lowest BCUT2D eigenvalue weighted by Crippen LogP contribution is -2.39. The van der Waals surface area contributed by atoms with Crippen molar-refractivity contribution in [2.24, 2.45) is 0 Å². The first-order valence-corrected chi connectivity index (χ1v) is 6.70. The van der Waals surface area contributed by atoms with Crippen molar-refractivity contribution in [2.75, 3.05) is 32.0 Å². The van der Waals surface area contributed by atoms with E-state index in [1.165, 1.54) is 0 Å². The van der Waals surface area contributed by atoms with E-state index >= 15 is 0 Å². The summed E-state index contributed by atoms with van der Waals surface area (Å²) in [5, 5.41) is 0. The van der Waals surface area contributed by atoms with E-state index in [4.69, 9.17) is 10.5 Å². The number of nitrogen functional groups attached to an aromatic ring is 1. The highest BCUT2D eigenvalue weighted by Crippen LogP contribution is 2.20. The highest BCUT2D eigenvalue weighted by Gasteiger charge is 2.24. The van der Waals surface area contributed by atoms with Crippen LogP contribution >= 0.6 is 0 Å². The fourth-order valence-corrected chi connectivity index (χ4v) is 2.24. The SMILES string of the molecule is CCCN1CCOC(c2nc(N)cc(CC)n2)C1. The van der Waals surface area contributed by atoms with Crippen LogP contribution in [-0.4, -0.2) is 41.1 Å². The molecular formula is C13H22N4O. The molecule has 0 aromatic carbocycles. The third kappa shape index (κ3) is 3.17. The standard InChI is InChI=1S/C13H22N4O/c1-3-5-17-6-7-18-11(9-17)13-15-10(4-2)8-12(14)16-13/h8,11H,3-7,9H2,1-2H3,(H2,14,15,16). The summed E-state index contributed by atoms with van der Waals surface area (Å²) >= 11 is 0. The van der Waals surface area contributed by atoms with Crippen molar-refractivity contribution in [1.82, 2.24) is 14.9 Å². The summed E-state index contributed by atoms with van der Waals surface area (Å²) in [6.45, 7) is 7.95. The molecule has 5 nitrogen and oxygen atoms in total. The zero-order valence-electron chi connectivity index (χ0n) is 11.2. The Morgan fingerprint density at radius 2 is 2.28 bits per heavy atom. The fourth-order valence-electron chi connectivity index (χ4n) is 2.24. The van der Waals surface area contributed by atoms with Crippen LogP contribution in [0.2, 0.25) is 0 Å². The van der Waals surface area contributed by atoms with Crippen molar-refractivity contribution < 1.29 is 4.74 Å². The van der Waals surface area contributed by atoms with Crippen LogP contribution in [0, 0.1) is 0 Å². The summed E-state index contributed by atoms with van der Waals surface area (Å²) in [5.41, 5.74) is 6.80. The first-order chi connectivity index (χ1) is 8.72. The molecule has 100 valence electrons. The number of hydrogen-bond donors (Lipinski definition) is 1. The minimum absolute atomic E-state index is 0.0425. The van der Waals surface area contributed by atoms with Crippen molar-refractivity contribution in [3.8, 4) is 0 Å². The van der Waals surface area contributed by atoms with Gasteiger partial charge in [0.05, 0.1) is 6.61 Å². The first kappa shape index (κ1) is 13.2. The largest absolute Gasteiger partial charge is 0.384 e. The Kier molecular flexibility index (Phi) is 4.49. The molecule has 0 radical (unpaired) electrons. The average Bonchev–Trinajstić information content (AvgIpc) is 2.39. The molecule has 0 aliphatic carbocycles. The number of rotatable bonds is 4. The molecule has 1 aromatic heterocycles. The molecule has 0 bridgehead atoms. The molecule has 18 heavy (non-hydrogen) atoms. The molecule has 1 aliphatic rings. The summed E-state index contributed by atoms with van der Waals surface area (Å²) in [6, 6.07) is 1.83. The Morgan fingerprint density at radius 1 is 1.44 bits per heavy atom. The van der Waals surface area contributed by atoms with Crippen molar-refractivity contribution in [2.45, 2.75) is 32.8 Å². The molecule has 2 heterocycles. The van der Waals surface area contributed by atoms with Crippen molar-refractivity contribution in [1.29, 1.82) is 0 Å². The zero-order valence-corrected chi connectivity index (χ0v) is 11.2. The maximum atomic E-state index is 5.81. The second kappa shape index (κ2) is 6.11. The minimum Gasteiger partial charge on any atom is -0.384 e. The number of morpholine rings is 1. The molecule has 2 rings (SSSR count). The molecule has 1 aliphatic heterocycles. The van der Waals surface area contributed by atoms with Crippen molar-refractivity contribution in [3.05, 3.63) is 17.6 Å². The number of nitrogens with two attached hydrogens (primary N) is 1. The number of aryl methyl sites for hydroxylation is 1. The van der Waals surface area contributed by atoms with E-state index in [1.54, 1.807) is 0 Å². The third-order valence-corrected chi connectivity index (χ3v) is 3.16. The molecule has 1 unspecified atom stereocenters. The fraction of sp³-hybridized carbons (Fsp3) is 0.692. The van der Waals surface area contributed by atoms with E-state index in [2.05, 4.69) is 28.7 Å². The van der Waals surface area contributed by atoms with Gasteiger partial charge in [-0.1, -0.05) is 13.8 Å². The second-order valence-corrected chi connectivity index (χ2v) is 4.66. The van der Waals surface area contributed by atoms with Gasteiger partial charge in [-0.3, -0.25) is 4.90 Å². The maximum Gasteiger partial charge on any atom is 0.161 e. The molecule has 1 fully saturated rings. The molecule has 0 amide bonds. The second-order valence-electron chi connectivity index (χ2n) is 4.66. The van der Waals surface area contributed by atoms with E-state index in [0.717, 1.165) is 50.6 Å². The third-order valence-electron chi connectivity index (χ3n) is 3.16. The van der Waals surface area contributed by atoms with Gasteiger partial charge >= 0.3 is 0 Å². The molecule has 5 heteroatoms. The van der Waals surface area contributed by atoms with E-state index in [-0.39, 0.29) is 6.10 Å². The van der Waals surface area contributed by atoms with Crippen LogP contribution in [0.3, 0.4) is 0 Å². The van der Waals surface area contributed by atoms with E-state index < -0.39 is 0 Å². The number of anilines is 1. The molecule has 2 N–H and O–H groups in total. The summed E-state index contributed by atoms with van der Waals surface area (Å²) in [6.07, 6.45) is 1.98. The van der Waals surface area contributed by atoms with E-state index in [0.29, 0.717) is 5.82 Å². The van der Waals surface area contributed by atoms with Crippen LogP contribution in [0.5, 0.6) is 0 Å². The van der Waals surface area contributed by atoms with Gasteiger partial charge in [-0.2, -0.15) is 0 Å². The lowest BCUT2D eigenvalue weighted by Gasteiger charge is -2.31. The Bertz CT molecular complexity index is 395. The average molecular weight is 250 g/mol. The lowest BCUT2D eigenvalue weighted by atomic mass is 10.2. The number of nitrogens with zero attached hydrogens (tertiary/aromatic N) is 3. The van der Waals surface area contributed by atoms with Crippen LogP contribution in [0.1, 0.15) is 37.9 Å². The van der Waals surface area contributed by atoms with Gasteiger partial charge in [0.25, 0.3) is 0 Å². The number of aromatic nitrogens is 2. The molecule has 0 spiro atoms. The van der Waals surface area contributed by atoms with Crippen molar-refractivity contribution >= 4 is 5.82 Å². The summed E-state index contributed by atoms with van der Waals surface area (Å²) in [7, 11) is 0. The Balaban J connectivity index is 2.12. The van der Waals surface area contributed by atoms with Gasteiger partial charge in [0.2, 0.25) is 0 Å². The molecule has 1 saturated heterocycles. The predicted molar refractivity (Wildman–Crippen MR) is 71.2 cm³/mol. The number of hydrogen-bond acceptors (Lipinski definition) is 5. The van der Waals surface area contributed by atoms with Gasteiger partial charge in [-0.15, -0.1) is 0 Å². The Hall–Kier alpha value is -1.20. The van der Waals surface area contributed by atoms with Gasteiger partial charge in [-0.25, -0.2) is 9.97 Å². The van der Waals surface area contributed by atoms with Crippen molar-refractivity contribution in [3.63, 3.8) is 0 Å². The molecule has 1 atom stereocenters. The summed E-state index contributed by atoms with van der Waals surface area (Å²) < 4.78 is 5.77. The first-order valence-electron chi connectivity index (χ1n) is 6.70. The van der Waals surface area contributed by atoms with Gasteiger partial charge in [0, 0.05) is 24.8 Å². The smallest absolute Gasteiger partial charge is 0.161 e.